The lowest BCUT2D eigenvalue weighted by molar-refractivity contribution is -0.148. The predicted molar refractivity (Wildman–Crippen MR) is 85.2 cm³/mol. The Morgan fingerprint density at radius 3 is 2.42 bits per heavy atom. The van der Waals surface area contributed by atoms with Crippen molar-refractivity contribution in [1.82, 2.24) is 4.90 Å². The van der Waals surface area contributed by atoms with E-state index >= 15 is 0 Å². The molecular weight excluding hydrogens is 314 g/mol. The van der Waals surface area contributed by atoms with Gasteiger partial charge in [-0.15, -0.1) is 0 Å². The van der Waals surface area contributed by atoms with Gasteiger partial charge in [-0.05, 0) is 52.4 Å². The Morgan fingerprint density at radius 2 is 1.88 bits per heavy atom. The largest absolute Gasteiger partial charge is 0.467 e. The second kappa shape index (κ2) is 7.51. The van der Waals surface area contributed by atoms with Crippen molar-refractivity contribution in [3.8, 4) is 0 Å². The molecule has 0 N–H and O–H groups in total. The summed E-state index contributed by atoms with van der Waals surface area (Å²) in [6.45, 7) is 6.55. The van der Waals surface area contributed by atoms with Crippen LogP contribution in [0.15, 0.2) is 0 Å². The van der Waals surface area contributed by atoms with Crippen LogP contribution in [0.25, 0.3) is 0 Å². The zero-order chi connectivity index (χ0) is 17.9. The Balaban J connectivity index is 2.11. The molecule has 0 aromatic rings. The molecule has 0 aliphatic carbocycles. The van der Waals surface area contributed by atoms with Crippen molar-refractivity contribution in [2.45, 2.75) is 58.1 Å². The number of amides is 2. The van der Waals surface area contributed by atoms with Gasteiger partial charge in [0, 0.05) is 19.1 Å². The van der Waals surface area contributed by atoms with E-state index in [4.69, 9.17) is 14.2 Å². The highest BCUT2D eigenvalue weighted by Crippen LogP contribution is 2.34. The highest BCUT2D eigenvalue weighted by molar-refractivity contribution is 6.00. The van der Waals surface area contributed by atoms with Crippen LogP contribution in [0.2, 0.25) is 0 Å². The van der Waals surface area contributed by atoms with Gasteiger partial charge < -0.3 is 14.2 Å². The van der Waals surface area contributed by atoms with Crippen molar-refractivity contribution in [3.05, 3.63) is 0 Å². The number of nitrogens with zero attached hydrogens (tertiary/aromatic N) is 1. The van der Waals surface area contributed by atoms with Crippen molar-refractivity contribution in [2.24, 2.45) is 11.8 Å². The summed E-state index contributed by atoms with van der Waals surface area (Å²) in [5, 5.41) is 0. The fourth-order valence-electron chi connectivity index (χ4n) is 3.27. The van der Waals surface area contributed by atoms with Gasteiger partial charge in [-0.2, -0.15) is 0 Å². The lowest BCUT2D eigenvalue weighted by Crippen LogP contribution is -2.46. The van der Waals surface area contributed by atoms with E-state index in [1.54, 1.807) is 20.8 Å². The van der Waals surface area contributed by atoms with Crippen LogP contribution < -0.4 is 0 Å². The molecule has 0 spiro atoms. The third-order valence-corrected chi connectivity index (χ3v) is 4.43. The van der Waals surface area contributed by atoms with Crippen LogP contribution in [0.3, 0.4) is 0 Å². The van der Waals surface area contributed by atoms with E-state index in [-0.39, 0.29) is 11.8 Å². The molecule has 0 aromatic carbocycles. The Morgan fingerprint density at radius 1 is 1.25 bits per heavy atom. The summed E-state index contributed by atoms with van der Waals surface area (Å²) in [4.78, 5) is 38.1. The van der Waals surface area contributed by atoms with Gasteiger partial charge in [0.25, 0.3) is 0 Å². The molecule has 0 aromatic heterocycles. The van der Waals surface area contributed by atoms with Crippen LogP contribution in [0.1, 0.15) is 46.5 Å². The Hall–Kier alpha value is -1.63. The van der Waals surface area contributed by atoms with Crippen molar-refractivity contribution in [1.29, 1.82) is 0 Å². The number of hydrogen-bond donors (Lipinski definition) is 0. The van der Waals surface area contributed by atoms with Gasteiger partial charge in [0.1, 0.15) is 11.6 Å². The fourth-order valence-corrected chi connectivity index (χ4v) is 3.27. The average Bonchev–Trinajstić information content (AvgIpc) is 2.83. The van der Waals surface area contributed by atoms with Gasteiger partial charge in [0.15, 0.2) is 0 Å². The summed E-state index contributed by atoms with van der Waals surface area (Å²) in [7, 11) is 1.26. The van der Waals surface area contributed by atoms with Gasteiger partial charge >= 0.3 is 12.1 Å². The van der Waals surface area contributed by atoms with Gasteiger partial charge in [0.05, 0.1) is 7.11 Å². The standard InChI is InChI=1S/C17H27NO6/c1-17(2,3)24-16(21)18-13(15(20)22-4)10-12(14(18)19)9-11-5-7-23-8-6-11/h11-13H,5-10H2,1-4H3/t12?,13-/m0/s1. The molecule has 0 saturated carbocycles. The van der Waals surface area contributed by atoms with E-state index in [9.17, 15) is 14.4 Å². The van der Waals surface area contributed by atoms with Gasteiger partial charge in [-0.1, -0.05) is 0 Å². The smallest absolute Gasteiger partial charge is 0.417 e. The van der Waals surface area contributed by atoms with Crippen LogP contribution >= 0.6 is 0 Å². The molecule has 2 aliphatic heterocycles. The molecule has 24 heavy (non-hydrogen) atoms. The molecule has 2 amide bonds. The van der Waals surface area contributed by atoms with Crippen molar-refractivity contribution in [3.63, 3.8) is 0 Å². The number of methoxy groups -OCH3 is 1. The summed E-state index contributed by atoms with van der Waals surface area (Å²) in [6.07, 6.45) is 1.98. The summed E-state index contributed by atoms with van der Waals surface area (Å²) in [5.74, 6) is -0.899. The first-order valence-electron chi connectivity index (χ1n) is 8.44. The zero-order valence-electron chi connectivity index (χ0n) is 14.9. The van der Waals surface area contributed by atoms with E-state index < -0.39 is 23.7 Å². The number of ether oxygens (including phenoxy) is 3. The summed E-state index contributed by atoms with van der Waals surface area (Å²) in [6, 6.07) is -0.901. The number of carbonyl (C=O) groups is 3. The van der Waals surface area contributed by atoms with E-state index in [1.807, 2.05) is 0 Å². The lowest BCUT2D eigenvalue weighted by Gasteiger charge is -2.26. The Kier molecular flexibility index (Phi) is 5.85. The van der Waals surface area contributed by atoms with Crippen LogP contribution in [0, 0.1) is 11.8 Å². The summed E-state index contributed by atoms with van der Waals surface area (Å²) in [5.41, 5.74) is -0.739. The Labute approximate surface area is 142 Å². The first kappa shape index (κ1) is 18.7. The first-order valence-corrected chi connectivity index (χ1v) is 8.44. The summed E-state index contributed by atoms with van der Waals surface area (Å²) < 4.78 is 15.4. The highest BCUT2D eigenvalue weighted by Gasteiger charge is 2.49. The number of likely N-dealkylation sites (tertiary alicyclic amines) is 1. The van der Waals surface area contributed by atoms with Gasteiger partial charge in [0.2, 0.25) is 5.91 Å². The topological polar surface area (TPSA) is 82.1 Å². The number of rotatable bonds is 3. The van der Waals surface area contributed by atoms with Gasteiger partial charge in [-0.3, -0.25) is 4.79 Å². The fraction of sp³-hybridized carbons (Fsp3) is 0.824. The van der Waals surface area contributed by atoms with Crippen LogP contribution in [-0.4, -0.2) is 54.8 Å². The molecule has 2 heterocycles. The SMILES string of the molecule is COC(=O)[C@@H]1CC(CC2CCOCC2)C(=O)N1C(=O)OC(C)(C)C. The maximum atomic E-state index is 12.7. The molecule has 2 fully saturated rings. The minimum Gasteiger partial charge on any atom is -0.467 e. The normalized spacial score (nSPS) is 25.7. The number of hydrogen-bond acceptors (Lipinski definition) is 6. The minimum atomic E-state index is -0.901. The Bertz CT molecular complexity index is 492. The maximum absolute atomic E-state index is 12.7. The molecule has 1 unspecified atom stereocenters. The van der Waals surface area contributed by atoms with E-state index in [0.29, 0.717) is 32.0 Å². The molecule has 7 heteroatoms. The van der Waals surface area contributed by atoms with Crippen molar-refractivity contribution >= 4 is 18.0 Å². The van der Waals surface area contributed by atoms with Crippen molar-refractivity contribution < 1.29 is 28.6 Å². The molecular formula is C17H27NO6. The molecule has 0 bridgehead atoms. The van der Waals surface area contributed by atoms with E-state index in [1.165, 1.54) is 7.11 Å². The van der Waals surface area contributed by atoms with Crippen LogP contribution in [-0.2, 0) is 23.8 Å². The van der Waals surface area contributed by atoms with Crippen molar-refractivity contribution in [2.75, 3.05) is 20.3 Å². The number of imide groups is 1. The number of carbonyl (C=O) groups excluding carboxylic acids is 3. The molecule has 7 nitrogen and oxygen atoms in total. The molecule has 136 valence electrons. The van der Waals surface area contributed by atoms with E-state index in [0.717, 1.165) is 17.7 Å². The lowest BCUT2D eigenvalue weighted by atomic mass is 9.87. The monoisotopic (exact) mass is 341 g/mol. The second-order valence-corrected chi connectivity index (χ2v) is 7.45. The second-order valence-electron chi connectivity index (χ2n) is 7.45. The molecule has 0 radical (unpaired) electrons. The number of esters is 1. The zero-order valence-corrected chi connectivity index (χ0v) is 14.9. The third kappa shape index (κ3) is 4.47. The van der Waals surface area contributed by atoms with Crippen LogP contribution in [0.4, 0.5) is 4.79 Å². The molecule has 2 saturated heterocycles. The van der Waals surface area contributed by atoms with E-state index in [2.05, 4.69) is 0 Å². The average molecular weight is 341 g/mol. The minimum absolute atomic E-state index is 0.294. The van der Waals surface area contributed by atoms with Crippen LogP contribution in [0.5, 0.6) is 0 Å². The maximum Gasteiger partial charge on any atom is 0.417 e. The molecule has 2 rings (SSSR count). The quantitative estimate of drug-likeness (QED) is 0.731. The van der Waals surface area contributed by atoms with Gasteiger partial charge in [-0.25, -0.2) is 14.5 Å². The third-order valence-electron chi connectivity index (χ3n) is 4.43. The predicted octanol–water partition coefficient (Wildman–Crippen LogP) is 2.13. The molecule has 2 atom stereocenters. The summed E-state index contributed by atoms with van der Waals surface area (Å²) >= 11 is 0. The molecule has 2 aliphatic rings. The highest BCUT2D eigenvalue weighted by atomic mass is 16.6. The first-order chi connectivity index (χ1) is 11.2.